The van der Waals surface area contributed by atoms with Gasteiger partial charge < -0.3 is 15.4 Å². The Balaban J connectivity index is 1.97. The third kappa shape index (κ3) is 6.68. The first-order valence-electron chi connectivity index (χ1n) is 8.76. The molecule has 1 saturated heterocycles. The van der Waals surface area contributed by atoms with E-state index in [0.29, 0.717) is 0 Å². The van der Waals surface area contributed by atoms with Gasteiger partial charge in [-0.05, 0) is 38.1 Å². The molecule has 0 unspecified atom stereocenters. The van der Waals surface area contributed by atoms with Gasteiger partial charge in [-0.15, -0.1) is 0 Å². The maximum Gasteiger partial charge on any atom is 0.405 e. The molecule has 2 N–H and O–H groups in total. The van der Waals surface area contributed by atoms with Gasteiger partial charge in [0.25, 0.3) is 5.91 Å². The molecule has 1 aliphatic rings. The fourth-order valence-corrected chi connectivity index (χ4v) is 4.37. The first-order chi connectivity index (χ1) is 13.4. The molecule has 0 bridgehead atoms. The van der Waals surface area contributed by atoms with Gasteiger partial charge >= 0.3 is 6.18 Å². The largest absolute Gasteiger partial charge is 0.405 e. The summed E-state index contributed by atoms with van der Waals surface area (Å²) in [4.78, 5) is 23.3. The van der Waals surface area contributed by atoms with Crippen molar-refractivity contribution >= 4 is 21.8 Å². The summed E-state index contributed by atoms with van der Waals surface area (Å²) in [6.07, 6.45) is -5.04. The average Bonchev–Trinajstić information content (AvgIpc) is 2.63. The fourth-order valence-electron chi connectivity index (χ4n) is 2.78. The van der Waals surface area contributed by atoms with E-state index < -0.39 is 41.1 Å². The Kier molecular flexibility index (Phi) is 7.25. The van der Waals surface area contributed by atoms with Gasteiger partial charge in [0, 0.05) is 18.7 Å². The Bertz CT molecular complexity index is 833. The van der Waals surface area contributed by atoms with E-state index in [2.05, 4.69) is 5.32 Å². The zero-order chi connectivity index (χ0) is 21.8. The molecule has 29 heavy (non-hydrogen) atoms. The molecule has 12 heteroatoms. The number of sulfonamides is 1. The van der Waals surface area contributed by atoms with Crippen LogP contribution in [0.15, 0.2) is 29.2 Å². The summed E-state index contributed by atoms with van der Waals surface area (Å²) < 4.78 is 68.4. The molecule has 0 saturated carbocycles. The first-order valence-corrected chi connectivity index (χ1v) is 10.2. The van der Waals surface area contributed by atoms with Crippen molar-refractivity contribution in [3.05, 3.63) is 29.8 Å². The lowest BCUT2D eigenvalue weighted by Crippen LogP contribution is -2.48. The van der Waals surface area contributed by atoms with Crippen LogP contribution in [-0.2, 0) is 19.6 Å². The van der Waals surface area contributed by atoms with Crippen LogP contribution in [0.5, 0.6) is 0 Å². The van der Waals surface area contributed by atoms with Crippen LogP contribution < -0.4 is 10.6 Å². The summed E-state index contributed by atoms with van der Waals surface area (Å²) in [6.45, 7) is 1.84. The molecule has 0 spiro atoms. The molecule has 1 aromatic carbocycles. The van der Waals surface area contributed by atoms with E-state index in [-0.39, 0.29) is 35.8 Å². The maximum atomic E-state index is 12.8. The highest BCUT2D eigenvalue weighted by Gasteiger charge is 2.32. The zero-order valence-corrected chi connectivity index (χ0v) is 16.6. The maximum absolute atomic E-state index is 12.8. The highest BCUT2D eigenvalue weighted by atomic mass is 32.2. The van der Waals surface area contributed by atoms with Crippen molar-refractivity contribution in [2.75, 3.05) is 26.2 Å². The molecule has 0 radical (unpaired) electrons. The van der Waals surface area contributed by atoms with Gasteiger partial charge in [0.15, 0.2) is 0 Å². The van der Waals surface area contributed by atoms with Crippen molar-refractivity contribution in [3.63, 3.8) is 0 Å². The number of carbonyl (C=O) groups is 2. The van der Waals surface area contributed by atoms with Crippen LogP contribution in [0.3, 0.4) is 0 Å². The van der Waals surface area contributed by atoms with Gasteiger partial charge in [-0.1, -0.05) is 0 Å². The number of rotatable bonds is 6. The van der Waals surface area contributed by atoms with Crippen LogP contribution in [0.1, 0.15) is 24.2 Å². The van der Waals surface area contributed by atoms with E-state index in [1.807, 2.05) is 0 Å². The Morgan fingerprint density at radius 1 is 1.10 bits per heavy atom. The molecule has 162 valence electrons. The predicted octanol–water partition coefficient (Wildman–Crippen LogP) is 0.893. The van der Waals surface area contributed by atoms with Crippen LogP contribution in [0.4, 0.5) is 13.2 Å². The minimum atomic E-state index is -4.54. The van der Waals surface area contributed by atoms with Gasteiger partial charge in [0.1, 0.15) is 6.54 Å². The minimum absolute atomic E-state index is 0.00160. The standard InChI is InChI=1S/C17H22F3N3O5S/c1-11-8-23(9-12(2)28-11)29(26,27)14-5-3-13(4-6-14)16(25)21-7-15(24)22-10-17(18,19)20/h3-6,11-12H,7-10H2,1-2H3,(H,21,25)(H,22,24)/t11-,12-/m1/s1. The quantitative estimate of drug-likeness (QED) is 0.688. The molecular weight excluding hydrogens is 415 g/mol. The van der Waals surface area contributed by atoms with E-state index in [1.54, 1.807) is 19.2 Å². The second-order valence-electron chi connectivity index (χ2n) is 6.68. The lowest BCUT2D eigenvalue weighted by atomic mass is 10.2. The minimum Gasteiger partial charge on any atom is -0.373 e. The number of nitrogens with zero attached hydrogens (tertiary/aromatic N) is 1. The number of alkyl halides is 3. The van der Waals surface area contributed by atoms with Gasteiger partial charge in [0.05, 0.1) is 23.6 Å². The molecule has 2 amide bonds. The lowest BCUT2D eigenvalue weighted by molar-refractivity contribution is -0.137. The van der Waals surface area contributed by atoms with Gasteiger partial charge in [-0.3, -0.25) is 9.59 Å². The highest BCUT2D eigenvalue weighted by molar-refractivity contribution is 7.89. The molecule has 1 aromatic rings. The molecule has 1 aliphatic heterocycles. The summed E-state index contributed by atoms with van der Waals surface area (Å²) in [5.74, 6) is -1.71. The Morgan fingerprint density at radius 2 is 1.66 bits per heavy atom. The van der Waals surface area contributed by atoms with Crippen LogP contribution >= 0.6 is 0 Å². The van der Waals surface area contributed by atoms with E-state index in [1.165, 1.54) is 28.6 Å². The summed E-state index contributed by atoms with van der Waals surface area (Å²) in [5.41, 5.74) is 0.0660. The third-order valence-corrected chi connectivity index (χ3v) is 5.88. The number of amides is 2. The van der Waals surface area contributed by atoms with Gasteiger partial charge in [-0.25, -0.2) is 8.42 Å². The number of carbonyl (C=O) groups excluding carboxylic acids is 2. The van der Waals surface area contributed by atoms with E-state index in [0.717, 1.165) is 0 Å². The van der Waals surface area contributed by atoms with Gasteiger partial charge in [0.2, 0.25) is 15.9 Å². The normalized spacial score (nSPS) is 20.9. The summed E-state index contributed by atoms with van der Waals surface area (Å²) in [5, 5.41) is 3.80. The molecule has 0 aliphatic carbocycles. The van der Waals surface area contributed by atoms with E-state index in [9.17, 15) is 31.2 Å². The topological polar surface area (TPSA) is 105 Å². The molecule has 1 fully saturated rings. The number of ether oxygens (including phenoxy) is 1. The van der Waals surface area contributed by atoms with E-state index >= 15 is 0 Å². The molecule has 8 nitrogen and oxygen atoms in total. The van der Waals surface area contributed by atoms with Crippen molar-refractivity contribution in [2.24, 2.45) is 0 Å². The monoisotopic (exact) mass is 437 g/mol. The summed E-state index contributed by atoms with van der Waals surface area (Å²) >= 11 is 0. The SMILES string of the molecule is C[C@@H]1CN(S(=O)(=O)c2ccc(C(=O)NCC(=O)NCC(F)(F)F)cc2)C[C@@H](C)O1. The Hall–Kier alpha value is -2.18. The zero-order valence-electron chi connectivity index (χ0n) is 15.8. The summed E-state index contributed by atoms with van der Waals surface area (Å²) in [7, 11) is -3.77. The van der Waals surface area contributed by atoms with Crippen molar-refractivity contribution in [3.8, 4) is 0 Å². The first kappa shape index (κ1) is 23.1. The number of benzene rings is 1. The smallest absolute Gasteiger partial charge is 0.373 e. The molecule has 1 heterocycles. The van der Waals surface area contributed by atoms with Crippen molar-refractivity contribution in [1.82, 2.24) is 14.9 Å². The van der Waals surface area contributed by atoms with Crippen LogP contribution in [0.25, 0.3) is 0 Å². The summed E-state index contributed by atoms with van der Waals surface area (Å²) in [6, 6.07) is 5.06. The van der Waals surface area contributed by atoms with Crippen molar-refractivity contribution < 1.29 is 35.9 Å². The van der Waals surface area contributed by atoms with Crippen molar-refractivity contribution in [1.29, 1.82) is 0 Å². The second kappa shape index (κ2) is 9.09. The highest BCUT2D eigenvalue weighted by Crippen LogP contribution is 2.21. The van der Waals surface area contributed by atoms with Crippen molar-refractivity contribution in [2.45, 2.75) is 37.1 Å². The number of morpholine rings is 1. The van der Waals surface area contributed by atoms with Gasteiger partial charge in [-0.2, -0.15) is 17.5 Å². The second-order valence-corrected chi connectivity index (χ2v) is 8.62. The average molecular weight is 437 g/mol. The van der Waals surface area contributed by atoms with E-state index in [4.69, 9.17) is 4.74 Å². The molecule has 2 rings (SSSR count). The predicted molar refractivity (Wildman–Crippen MR) is 96.6 cm³/mol. The Morgan fingerprint density at radius 3 is 2.17 bits per heavy atom. The Labute approximate surface area is 166 Å². The van der Waals surface area contributed by atoms with Crippen LogP contribution in [0, 0.1) is 0 Å². The number of halogens is 3. The fraction of sp³-hybridized carbons (Fsp3) is 0.529. The molecular formula is C17H22F3N3O5S. The number of hydrogen-bond acceptors (Lipinski definition) is 5. The van der Waals surface area contributed by atoms with Crippen LogP contribution in [0.2, 0.25) is 0 Å². The molecule has 2 atom stereocenters. The molecule has 0 aromatic heterocycles. The number of nitrogens with one attached hydrogen (secondary N) is 2. The number of hydrogen-bond donors (Lipinski definition) is 2. The third-order valence-electron chi connectivity index (χ3n) is 4.04. The lowest BCUT2D eigenvalue weighted by Gasteiger charge is -2.34. The van der Waals surface area contributed by atoms with Crippen LogP contribution in [-0.4, -0.2) is 69.1 Å².